The van der Waals surface area contributed by atoms with Crippen molar-refractivity contribution in [1.82, 2.24) is 5.32 Å². The molecule has 1 fully saturated rings. The molecule has 0 bridgehead atoms. The number of hydrogen-bond donors (Lipinski definition) is 1. The van der Waals surface area contributed by atoms with Crippen molar-refractivity contribution in [2.45, 2.75) is 19.4 Å². The molecule has 1 aliphatic heterocycles. The zero-order valence-corrected chi connectivity index (χ0v) is 13.1. The molecule has 5 heteroatoms. The van der Waals surface area contributed by atoms with E-state index in [4.69, 9.17) is 18.9 Å². The molecule has 0 aromatic heterocycles. The summed E-state index contributed by atoms with van der Waals surface area (Å²) in [7, 11) is 4.89. The zero-order valence-electron chi connectivity index (χ0n) is 13.1. The van der Waals surface area contributed by atoms with Crippen molar-refractivity contribution in [2.24, 2.45) is 5.92 Å². The van der Waals surface area contributed by atoms with E-state index in [1.165, 1.54) is 0 Å². The van der Waals surface area contributed by atoms with E-state index in [9.17, 15) is 0 Å². The molecule has 1 N–H and O–H groups in total. The van der Waals surface area contributed by atoms with E-state index in [1.54, 1.807) is 21.3 Å². The fraction of sp³-hybridized carbons (Fsp3) is 0.625. The molecule has 21 heavy (non-hydrogen) atoms. The highest BCUT2D eigenvalue weighted by Gasteiger charge is 2.15. The van der Waals surface area contributed by atoms with E-state index >= 15 is 0 Å². The van der Waals surface area contributed by atoms with Gasteiger partial charge in [0.2, 0.25) is 5.75 Å². The Morgan fingerprint density at radius 2 is 1.67 bits per heavy atom. The molecule has 0 atom stereocenters. The van der Waals surface area contributed by atoms with Gasteiger partial charge in [0.25, 0.3) is 0 Å². The second-order valence-electron chi connectivity index (χ2n) is 5.22. The third kappa shape index (κ3) is 4.25. The number of rotatable bonds is 7. The van der Waals surface area contributed by atoms with Crippen LogP contribution in [0.3, 0.4) is 0 Å². The Labute approximate surface area is 126 Å². The molecule has 0 unspecified atom stereocenters. The number of ether oxygens (including phenoxy) is 4. The SMILES string of the molecule is COc1cc(CNCC2CCOCC2)cc(OC)c1OC. The van der Waals surface area contributed by atoms with Crippen LogP contribution in [-0.2, 0) is 11.3 Å². The van der Waals surface area contributed by atoms with Crippen LogP contribution in [0.15, 0.2) is 12.1 Å². The van der Waals surface area contributed by atoms with Crippen LogP contribution in [0.5, 0.6) is 17.2 Å². The molecule has 1 aromatic carbocycles. The topological polar surface area (TPSA) is 49.0 Å². The smallest absolute Gasteiger partial charge is 0.203 e. The minimum atomic E-state index is 0.633. The first kappa shape index (κ1) is 15.9. The van der Waals surface area contributed by atoms with Crippen LogP contribution in [0.2, 0.25) is 0 Å². The van der Waals surface area contributed by atoms with Crippen molar-refractivity contribution in [3.8, 4) is 17.2 Å². The van der Waals surface area contributed by atoms with Gasteiger partial charge < -0.3 is 24.3 Å². The van der Waals surface area contributed by atoms with Gasteiger partial charge in [-0.1, -0.05) is 0 Å². The number of nitrogens with one attached hydrogen (secondary N) is 1. The first-order valence-corrected chi connectivity index (χ1v) is 7.35. The van der Waals surface area contributed by atoms with Crippen molar-refractivity contribution in [3.05, 3.63) is 17.7 Å². The van der Waals surface area contributed by atoms with Crippen LogP contribution in [-0.4, -0.2) is 41.1 Å². The third-order valence-electron chi connectivity index (χ3n) is 3.83. The fourth-order valence-corrected chi connectivity index (χ4v) is 2.61. The largest absolute Gasteiger partial charge is 0.493 e. The van der Waals surface area contributed by atoms with E-state index in [-0.39, 0.29) is 0 Å². The lowest BCUT2D eigenvalue weighted by Gasteiger charge is -2.22. The summed E-state index contributed by atoms with van der Waals surface area (Å²) in [6.45, 7) is 3.57. The van der Waals surface area contributed by atoms with Gasteiger partial charge in [-0.3, -0.25) is 0 Å². The second kappa shape index (κ2) is 8.10. The quantitative estimate of drug-likeness (QED) is 0.836. The number of methoxy groups -OCH3 is 3. The van der Waals surface area contributed by atoms with Crippen LogP contribution in [0, 0.1) is 5.92 Å². The average Bonchev–Trinajstić information content (AvgIpc) is 2.54. The highest BCUT2D eigenvalue weighted by atomic mass is 16.5. The Hall–Kier alpha value is -1.46. The van der Waals surface area contributed by atoms with Gasteiger partial charge in [-0.15, -0.1) is 0 Å². The minimum absolute atomic E-state index is 0.633. The maximum absolute atomic E-state index is 5.38. The summed E-state index contributed by atoms with van der Waals surface area (Å²) in [5.41, 5.74) is 1.12. The van der Waals surface area contributed by atoms with Crippen LogP contribution in [0.25, 0.3) is 0 Å². The van der Waals surface area contributed by atoms with Gasteiger partial charge >= 0.3 is 0 Å². The molecule has 1 heterocycles. The van der Waals surface area contributed by atoms with Gasteiger partial charge in [-0.2, -0.15) is 0 Å². The van der Waals surface area contributed by atoms with Crippen molar-refractivity contribution in [1.29, 1.82) is 0 Å². The molecular weight excluding hydrogens is 270 g/mol. The van der Waals surface area contributed by atoms with Gasteiger partial charge in [0.1, 0.15) is 0 Å². The Morgan fingerprint density at radius 3 is 2.19 bits per heavy atom. The van der Waals surface area contributed by atoms with Crippen LogP contribution in [0.1, 0.15) is 18.4 Å². The van der Waals surface area contributed by atoms with Crippen molar-refractivity contribution in [3.63, 3.8) is 0 Å². The highest BCUT2D eigenvalue weighted by Crippen LogP contribution is 2.38. The molecular formula is C16H25NO4. The van der Waals surface area contributed by atoms with Crippen molar-refractivity contribution in [2.75, 3.05) is 41.1 Å². The van der Waals surface area contributed by atoms with Crippen molar-refractivity contribution < 1.29 is 18.9 Å². The van der Waals surface area contributed by atoms with Gasteiger partial charge in [0.15, 0.2) is 11.5 Å². The van der Waals surface area contributed by atoms with Gasteiger partial charge in [-0.05, 0) is 43.0 Å². The van der Waals surface area contributed by atoms with E-state index in [2.05, 4.69) is 5.32 Å². The summed E-state index contributed by atoms with van der Waals surface area (Å²) >= 11 is 0. The monoisotopic (exact) mass is 295 g/mol. The number of benzene rings is 1. The van der Waals surface area contributed by atoms with Crippen LogP contribution in [0.4, 0.5) is 0 Å². The maximum atomic E-state index is 5.38. The Morgan fingerprint density at radius 1 is 1.05 bits per heavy atom. The highest BCUT2D eigenvalue weighted by molar-refractivity contribution is 5.53. The summed E-state index contributed by atoms with van der Waals surface area (Å²) < 4.78 is 21.4. The molecule has 5 nitrogen and oxygen atoms in total. The maximum Gasteiger partial charge on any atom is 0.203 e. The van der Waals surface area contributed by atoms with E-state index in [1.807, 2.05) is 12.1 Å². The summed E-state index contributed by atoms with van der Waals surface area (Å²) in [6, 6.07) is 3.97. The predicted molar refractivity (Wildman–Crippen MR) is 81.3 cm³/mol. The fourth-order valence-electron chi connectivity index (χ4n) is 2.61. The summed E-state index contributed by atoms with van der Waals surface area (Å²) in [5, 5.41) is 3.50. The van der Waals surface area contributed by atoms with Gasteiger partial charge in [0, 0.05) is 19.8 Å². The molecule has 1 aromatic rings. The lowest BCUT2D eigenvalue weighted by Crippen LogP contribution is -2.27. The predicted octanol–water partition coefficient (Wildman–Crippen LogP) is 2.23. The molecule has 1 aliphatic rings. The molecule has 2 rings (SSSR count). The lowest BCUT2D eigenvalue weighted by molar-refractivity contribution is 0.0662. The van der Waals surface area contributed by atoms with Crippen molar-refractivity contribution >= 4 is 0 Å². The number of hydrogen-bond acceptors (Lipinski definition) is 5. The van der Waals surface area contributed by atoms with Crippen LogP contribution >= 0.6 is 0 Å². The molecule has 118 valence electrons. The second-order valence-corrected chi connectivity index (χ2v) is 5.22. The molecule has 0 aliphatic carbocycles. The minimum Gasteiger partial charge on any atom is -0.493 e. The molecule has 0 amide bonds. The average molecular weight is 295 g/mol. The zero-order chi connectivity index (χ0) is 15.1. The summed E-state index contributed by atoms with van der Waals surface area (Å²) in [6.07, 6.45) is 2.28. The van der Waals surface area contributed by atoms with Gasteiger partial charge in [-0.25, -0.2) is 0 Å². The standard InChI is InChI=1S/C16H25NO4/c1-18-14-8-13(9-15(19-2)16(14)20-3)11-17-10-12-4-6-21-7-5-12/h8-9,12,17H,4-7,10-11H2,1-3H3. The summed E-state index contributed by atoms with van der Waals surface area (Å²) in [5.74, 6) is 2.73. The normalized spacial score (nSPS) is 15.8. The first-order chi connectivity index (χ1) is 10.3. The molecule has 0 saturated carbocycles. The molecule has 1 saturated heterocycles. The third-order valence-corrected chi connectivity index (χ3v) is 3.83. The van der Waals surface area contributed by atoms with E-state index in [0.29, 0.717) is 23.2 Å². The summed E-state index contributed by atoms with van der Waals surface area (Å²) in [4.78, 5) is 0. The first-order valence-electron chi connectivity index (χ1n) is 7.35. The lowest BCUT2D eigenvalue weighted by atomic mass is 10.0. The van der Waals surface area contributed by atoms with Crippen LogP contribution < -0.4 is 19.5 Å². The van der Waals surface area contributed by atoms with E-state index in [0.717, 1.165) is 44.7 Å². The Balaban J connectivity index is 1.95. The Bertz CT molecular complexity index is 419. The molecule has 0 radical (unpaired) electrons. The molecule has 0 spiro atoms. The van der Waals surface area contributed by atoms with E-state index < -0.39 is 0 Å². The Kier molecular flexibility index (Phi) is 6.14. The van der Waals surface area contributed by atoms with Gasteiger partial charge in [0.05, 0.1) is 21.3 Å².